The van der Waals surface area contributed by atoms with E-state index in [1.165, 1.54) is 5.56 Å². The number of hydrogen-bond acceptors (Lipinski definition) is 5. The van der Waals surface area contributed by atoms with Crippen LogP contribution in [0.5, 0.6) is 17.2 Å². The number of ether oxygens (including phenoxy) is 3. The summed E-state index contributed by atoms with van der Waals surface area (Å²) in [6.45, 7) is 0.842. The molecule has 0 bridgehead atoms. The van der Waals surface area contributed by atoms with Crippen LogP contribution in [0.15, 0.2) is 36.4 Å². The van der Waals surface area contributed by atoms with E-state index in [0.29, 0.717) is 22.9 Å². The first-order chi connectivity index (χ1) is 12.6. The molecule has 0 radical (unpaired) electrons. The molecule has 2 aromatic carbocycles. The highest BCUT2D eigenvalue weighted by atomic mass is 35.5. The molecule has 1 fully saturated rings. The fraction of sp³-hybridized carbons (Fsp3) is 0.400. The minimum Gasteiger partial charge on any atom is -0.495 e. The zero-order valence-electron chi connectivity index (χ0n) is 15.3. The number of hydrogen-bond donors (Lipinski definition) is 2. The van der Waals surface area contributed by atoms with E-state index in [1.54, 1.807) is 21.3 Å². The Morgan fingerprint density at radius 1 is 0.962 bits per heavy atom. The van der Waals surface area contributed by atoms with E-state index in [0.717, 1.165) is 36.6 Å². The van der Waals surface area contributed by atoms with Crippen molar-refractivity contribution in [3.8, 4) is 17.2 Å². The van der Waals surface area contributed by atoms with Crippen LogP contribution >= 0.6 is 11.6 Å². The molecule has 0 saturated carbocycles. The van der Waals surface area contributed by atoms with Crippen LogP contribution in [0.25, 0.3) is 0 Å². The Kier molecular flexibility index (Phi) is 6.12. The molecule has 0 aromatic heterocycles. The lowest BCUT2D eigenvalue weighted by molar-refractivity contribution is 0.354. The normalized spacial score (nSPS) is 19.2. The summed E-state index contributed by atoms with van der Waals surface area (Å²) in [5, 5.41) is 7.76. The second-order valence-corrected chi connectivity index (χ2v) is 6.75. The molecule has 0 amide bonds. The van der Waals surface area contributed by atoms with E-state index < -0.39 is 0 Å². The van der Waals surface area contributed by atoms with Gasteiger partial charge >= 0.3 is 0 Å². The van der Waals surface area contributed by atoms with Gasteiger partial charge in [-0.15, -0.1) is 0 Å². The number of rotatable bonds is 7. The molecule has 140 valence electrons. The first-order valence-electron chi connectivity index (χ1n) is 8.70. The molecule has 0 aliphatic carbocycles. The van der Waals surface area contributed by atoms with E-state index in [4.69, 9.17) is 25.8 Å². The Morgan fingerprint density at radius 3 is 2.46 bits per heavy atom. The summed E-state index contributed by atoms with van der Waals surface area (Å²) in [5.41, 5.74) is 2.22. The number of halogens is 1. The Morgan fingerprint density at radius 2 is 1.73 bits per heavy atom. The van der Waals surface area contributed by atoms with Crippen molar-refractivity contribution in [1.82, 2.24) is 5.32 Å². The van der Waals surface area contributed by atoms with Crippen molar-refractivity contribution in [2.24, 2.45) is 0 Å². The lowest BCUT2D eigenvalue weighted by Gasteiger charge is -2.17. The molecule has 6 heteroatoms. The molecule has 3 rings (SSSR count). The topological polar surface area (TPSA) is 51.8 Å². The van der Waals surface area contributed by atoms with Crippen molar-refractivity contribution in [3.05, 3.63) is 47.0 Å². The maximum Gasteiger partial charge on any atom is 0.161 e. The summed E-state index contributed by atoms with van der Waals surface area (Å²) in [6.07, 6.45) is 2.20. The smallest absolute Gasteiger partial charge is 0.161 e. The molecule has 1 aliphatic heterocycles. The maximum absolute atomic E-state index is 6.07. The molecule has 2 atom stereocenters. The van der Waals surface area contributed by atoms with Gasteiger partial charge in [0.2, 0.25) is 0 Å². The molecule has 0 spiro atoms. The Hall–Kier alpha value is -2.11. The molecule has 2 unspecified atom stereocenters. The Balaban J connectivity index is 1.59. The predicted molar refractivity (Wildman–Crippen MR) is 105 cm³/mol. The molecule has 5 nitrogen and oxygen atoms in total. The standard InChI is InChI=1S/C20H25ClN2O3/c1-24-18-9-4-13(10-20(18)26-3)17-8-6-15(23-17)12-22-14-5-7-16(21)19(11-14)25-2/h4-5,7,9-11,15,17,22-23H,6,8,12H2,1-3H3. The van der Waals surface area contributed by atoms with Gasteiger partial charge in [0.05, 0.1) is 26.4 Å². The number of benzene rings is 2. The molecule has 1 saturated heterocycles. The first-order valence-corrected chi connectivity index (χ1v) is 9.07. The van der Waals surface area contributed by atoms with Crippen molar-refractivity contribution in [2.45, 2.75) is 24.9 Å². The fourth-order valence-corrected chi connectivity index (χ4v) is 3.52. The van der Waals surface area contributed by atoms with Crippen molar-refractivity contribution in [2.75, 3.05) is 33.2 Å². The lowest BCUT2D eigenvalue weighted by atomic mass is 10.0. The van der Waals surface area contributed by atoms with E-state index in [2.05, 4.69) is 22.8 Å². The van der Waals surface area contributed by atoms with E-state index in [-0.39, 0.29) is 0 Å². The molecular formula is C20H25ClN2O3. The van der Waals surface area contributed by atoms with E-state index in [1.807, 2.05) is 24.3 Å². The van der Waals surface area contributed by atoms with Gasteiger partial charge in [-0.25, -0.2) is 0 Å². The maximum atomic E-state index is 6.07. The van der Waals surface area contributed by atoms with Gasteiger partial charge < -0.3 is 24.8 Å². The number of methoxy groups -OCH3 is 3. The van der Waals surface area contributed by atoms with Gasteiger partial charge in [0.1, 0.15) is 5.75 Å². The van der Waals surface area contributed by atoms with Crippen molar-refractivity contribution < 1.29 is 14.2 Å². The third-order valence-electron chi connectivity index (χ3n) is 4.75. The summed E-state index contributed by atoms with van der Waals surface area (Å²) < 4.78 is 16.0. The Labute approximate surface area is 159 Å². The highest BCUT2D eigenvalue weighted by molar-refractivity contribution is 6.32. The molecular weight excluding hydrogens is 352 g/mol. The van der Waals surface area contributed by atoms with Gasteiger partial charge in [-0.2, -0.15) is 0 Å². The van der Waals surface area contributed by atoms with Crippen LogP contribution in [0.4, 0.5) is 5.69 Å². The lowest BCUT2D eigenvalue weighted by Crippen LogP contribution is -2.31. The van der Waals surface area contributed by atoms with Gasteiger partial charge in [0, 0.05) is 30.4 Å². The van der Waals surface area contributed by atoms with Crippen LogP contribution in [0.2, 0.25) is 5.02 Å². The second kappa shape index (κ2) is 8.52. The molecule has 1 heterocycles. The first kappa shape index (κ1) is 18.7. The largest absolute Gasteiger partial charge is 0.495 e. The minimum absolute atomic E-state index is 0.321. The third kappa shape index (κ3) is 4.17. The minimum atomic E-state index is 0.321. The summed E-state index contributed by atoms with van der Waals surface area (Å²) in [5.74, 6) is 2.20. The summed E-state index contributed by atoms with van der Waals surface area (Å²) in [4.78, 5) is 0. The SMILES string of the molecule is COc1cc(NCC2CCC(c3ccc(OC)c(OC)c3)N2)ccc1Cl. The monoisotopic (exact) mass is 376 g/mol. The number of nitrogens with one attached hydrogen (secondary N) is 2. The second-order valence-electron chi connectivity index (χ2n) is 6.34. The van der Waals surface area contributed by atoms with E-state index >= 15 is 0 Å². The summed E-state index contributed by atoms with van der Waals surface area (Å²) >= 11 is 6.07. The zero-order valence-corrected chi connectivity index (χ0v) is 16.1. The van der Waals surface area contributed by atoms with Gasteiger partial charge in [-0.3, -0.25) is 0 Å². The summed E-state index contributed by atoms with van der Waals surface area (Å²) in [7, 11) is 4.94. The van der Waals surface area contributed by atoms with Gasteiger partial charge in [0.25, 0.3) is 0 Å². The van der Waals surface area contributed by atoms with Crippen LogP contribution in [-0.4, -0.2) is 33.9 Å². The van der Waals surface area contributed by atoms with Crippen LogP contribution in [-0.2, 0) is 0 Å². The van der Waals surface area contributed by atoms with Crippen LogP contribution in [0, 0.1) is 0 Å². The van der Waals surface area contributed by atoms with Crippen LogP contribution in [0.3, 0.4) is 0 Å². The Bertz CT molecular complexity index is 754. The third-order valence-corrected chi connectivity index (χ3v) is 5.07. The predicted octanol–water partition coefficient (Wildman–Crippen LogP) is 4.27. The average molecular weight is 377 g/mol. The van der Waals surface area contributed by atoms with E-state index in [9.17, 15) is 0 Å². The van der Waals surface area contributed by atoms with Gasteiger partial charge in [-0.05, 0) is 42.7 Å². The van der Waals surface area contributed by atoms with Crippen molar-refractivity contribution in [1.29, 1.82) is 0 Å². The highest BCUT2D eigenvalue weighted by Gasteiger charge is 2.25. The highest BCUT2D eigenvalue weighted by Crippen LogP contribution is 2.34. The summed E-state index contributed by atoms with van der Waals surface area (Å²) in [6, 6.07) is 12.6. The zero-order chi connectivity index (χ0) is 18.5. The van der Waals surface area contributed by atoms with Gasteiger partial charge in [0.15, 0.2) is 11.5 Å². The van der Waals surface area contributed by atoms with Crippen LogP contribution in [0.1, 0.15) is 24.4 Å². The molecule has 2 aromatic rings. The molecule has 26 heavy (non-hydrogen) atoms. The molecule has 2 N–H and O–H groups in total. The average Bonchev–Trinajstić information content (AvgIpc) is 3.15. The molecule has 1 aliphatic rings. The van der Waals surface area contributed by atoms with Crippen molar-refractivity contribution in [3.63, 3.8) is 0 Å². The quantitative estimate of drug-likeness (QED) is 0.755. The van der Waals surface area contributed by atoms with Gasteiger partial charge in [-0.1, -0.05) is 17.7 Å². The van der Waals surface area contributed by atoms with Crippen molar-refractivity contribution >= 4 is 17.3 Å². The fourth-order valence-electron chi connectivity index (χ4n) is 3.32. The van der Waals surface area contributed by atoms with Crippen LogP contribution < -0.4 is 24.8 Å². The number of anilines is 1.